The van der Waals surface area contributed by atoms with E-state index in [0.717, 1.165) is 55.1 Å². The summed E-state index contributed by atoms with van der Waals surface area (Å²) in [5, 5.41) is 4.64. The summed E-state index contributed by atoms with van der Waals surface area (Å²) in [4.78, 5) is 24.1. The highest BCUT2D eigenvalue weighted by Gasteiger charge is 2.29. The van der Waals surface area contributed by atoms with Gasteiger partial charge in [0.05, 0.1) is 31.1 Å². The van der Waals surface area contributed by atoms with Gasteiger partial charge in [0.2, 0.25) is 0 Å². The Bertz CT molecular complexity index is 892. The minimum absolute atomic E-state index is 0.0239. The number of aromatic nitrogens is 4. The van der Waals surface area contributed by atoms with Gasteiger partial charge in [-0.15, -0.1) is 0 Å². The van der Waals surface area contributed by atoms with Gasteiger partial charge in [0, 0.05) is 42.8 Å². The van der Waals surface area contributed by atoms with E-state index in [0.29, 0.717) is 31.7 Å². The molecule has 2 fully saturated rings. The molecule has 4 heterocycles. The molecule has 0 N–H and O–H groups in total. The normalized spacial score (nSPS) is 22.7. The first-order valence-electron chi connectivity index (χ1n) is 10.00. The van der Waals surface area contributed by atoms with E-state index in [-0.39, 0.29) is 5.56 Å². The van der Waals surface area contributed by atoms with E-state index in [1.807, 2.05) is 12.3 Å². The van der Waals surface area contributed by atoms with Crippen LogP contribution >= 0.6 is 0 Å². The second-order valence-electron chi connectivity index (χ2n) is 7.89. The van der Waals surface area contributed by atoms with Crippen molar-refractivity contribution in [3.8, 4) is 0 Å². The maximum Gasteiger partial charge on any atom is 0.267 e. The minimum Gasteiger partial charge on any atom is -0.376 e. The smallest absolute Gasteiger partial charge is 0.267 e. The Morgan fingerprint density at radius 2 is 2.19 bits per heavy atom. The fourth-order valence-corrected chi connectivity index (χ4v) is 4.14. The summed E-state index contributed by atoms with van der Waals surface area (Å²) in [6.07, 6.45) is 7.35. The molecule has 0 radical (unpaired) electrons. The quantitative estimate of drug-likeness (QED) is 0.800. The maximum atomic E-state index is 12.5. The van der Waals surface area contributed by atoms with Crippen molar-refractivity contribution in [1.82, 2.24) is 24.6 Å². The molecule has 5 rings (SSSR count). The Morgan fingerprint density at radius 3 is 3.07 bits per heavy atom. The third kappa shape index (κ3) is 3.66. The summed E-state index contributed by atoms with van der Waals surface area (Å²) < 4.78 is 7.09. The molecule has 1 atom stereocenters. The average Bonchev–Trinajstić information content (AvgIpc) is 3.45. The first-order valence-corrected chi connectivity index (χ1v) is 10.00. The Morgan fingerprint density at radius 1 is 1.26 bits per heavy atom. The van der Waals surface area contributed by atoms with Crippen LogP contribution in [0.15, 0.2) is 23.1 Å². The molecule has 2 aromatic rings. The summed E-state index contributed by atoms with van der Waals surface area (Å²) in [6.45, 7) is 3.70. The summed E-state index contributed by atoms with van der Waals surface area (Å²) in [6, 6.07) is 4.05. The standard InChI is InChI=1S/C20H25N5O2/c26-19-10-15-13-27-9-6-18(15)23-25(19)12-17-2-1-8-24(17)11-16-5-7-21-20(22-16)14-3-4-14/h5,7,10,14,17H,1-4,6,8-9,11-13H2. The topological polar surface area (TPSA) is 73.1 Å². The van der Waals surface area contributed by atoms with Gasteiger partial charge in [-0.25, -0.2) is 14.6 Å². The molecule has 0 spiro atoms. The van der Waals surface area contributed by atoms with Crippen LogP contribution in [0.25, 0.3) is 0 Å². The number of rotatable bonds is 5. The molecule has 7 nitrogen and oxygen atoms in total. The van der Waals surface area contributed by atoms with Crippen LogP contribution in [-0.2, 0) is 30.9 Å². The van der Waals surface area contributed by atoms with E-state index in [2.05, 4.69) is 15.0 Å². The van der Waals surface area contributed by atoms with Gasteiger partial charge in [0.1, 0.15) is 5.82 Å². The van der Waals surface area contributed by atoms with Gasteiger partial charge < -0.3 is 4.74 Å². The van der Waals surface area contributed by atoms with Crippen LogP contribution in [0.3, 0.4) is 0 Å². The SMILES string of the molecule is O=c1cc2c(nn1CC1CCCN1Cc1ccnc(C3CC3)n1)CCOC2. The van der Waals surface area contributed by atoms with E-state index < -0.39 is 0 Å². The second kappa shape index (κ2) is 7.13. The highest BCUT2D eigenvalue weighted by molar-refractivity contribution is 5.18. The minimum atomic E-state index is -0.0239. The maximum absolute atomic E-state index is 12.5. The number of fused-ring (bicyclic) bond motifs is 1. The van der Waals surface area contributed by atoms with Crippen LogP contribution in [0, 0.1) is 0 Å². The lowest BCUT2D eigenvalue weighted by Gasteiger charge is -2.25. The van der Waals surface area contributed by atoms with Crippen molar-refractivity contribution in [1.29, 1.82) is 0 Å². The van der Waals surface area contributed by atoms with E-state index in [1.54, 1.807) is 10.7 Å². The number of likely N-dealkylation sites (tertiary alicyclic amines) is 1. The van der Waals surface area contributed by atoms with Gasteiger partial charge in [0.25, 0.3) is 5.56 Å². The van der Waals surface area contributed by atoms with Gasteiger partial charge in [-0.3, -0.25) is 9.69 Å². The van der Waals surface area contributed by atoms with Crippen LogP contribution in [0.2, 0.25) is 0 Å². The number of ether oxygens (including phenoxy) is 1. The zero-order chi connectivity index (χ0) is 18.2. The van der Waals surface area contributed by atoms with Crippen LogP contribution in [0.1, 0.15) is 54.4 Å². The fourth-order valence-electron chi connectivity index (χ4n) is 4.14. The van der Waals surface area contributed by atoms with Crippen molar-refractivity contribution in [2.75, 3.05) is 13.2 Å². The lowest BCUT2D eigenvalue weighted by Crippen LogP contribution is -2.38. The lowest BCUT2D eigenvalue weighted by molar-refractivity contribution is 0.107. The molecule has 1 saturated heterocycles. The molecule has 0 aromatic carbocycles. The average molecular weight is 367 g/mol. The number of hydrogen-bond acceptors (Lipinski definition) is 6. The van der Waals surface area contributed by atoms with Crippen LogP contribution in [0.4, 0.5) is 0 Å². The van der Waals surface area contributed by atoms with Gasteiger partial charge in [-0.2, -0.15) is 5.10 Å². The first-order chi connectivity index (χ1) is 13.3. The number of hydrogen-bond donors (Lipinski definition) is 0. The van der Waals surface area contributed by atoms with Crippen LogP contribution < -0.4 is 5.56 Å². The predicted octanol–water partition coefficient (Wildman–Crippen LogP) is 1.65. The van der Waals surface area contributed by atoms with Crippen LogP contribution in [-0.4, -0.2) is 43.8 Å². The van der Waals surface area contributed by atoms with Crippen molar-refractivity contribution >= 4 is 0 Å². The predicted molar refractivity (Wildman–Crippen MR) is 99.3 cm³/mol. The van der Waals surface area contributed by atoms with Gasteiger partial charge >= 0.3 is 0 Å². The Hall–Kier alpha value is -2.12. The van der Waals surface area contributed by atoms with Crippen molar-refractivity contribution in [3.63, 3.8) is 0 Å². The van der Waals surface area contributed by atoms with Crippen LogP contribution in [0.5, 0.6) is 0 Å². The highest BCUT2D eigenvalue weighted by Crippen LogP contribution is 2.37. The van der Waals surface area contributed by atoms with Crippen molar-refractivity contribution in [2.24, 2.45) is 0 Å². The molecule has 1 unspecified atom stereocenters. The summed E-state index contributed by atoms with van der Waals surface area (Å²) in [7, 11) is 0. The zero-order valence-electron chi connectivity index (χ0n) is 15.5. The molecule has 1 saturated carbocycles. The molecule has 0 amide bonds. The van der Waals surface area contributed by atoms with Crippen molar-refractivity contribution < 1.29 is 4.74 Å². The molecular weight excluding hydrogens is 342 g/mol. The molecule has 2 aliphatic heterocycles. The molecule has 1 aliphatic carbocycles. The highest BCUT2D eigenvalue weighted by atomic mass is 16.5. The molecule has 7 heteroatoms. The Balaban J connectivity index is 1.31. The van der Waals surface area contributed by atoms with Gasteiger partial charge in [-0.1, -0.05) is 0 Å². The fraction of sp³-hybridized carbons (Fsp3) is 0.600. The third-order valence-corrected chi connectivity index (χ3v) is 5.83. The lowest BCUT2D eigenvalue weighted by atomic mass is 10.1. The first kappa shape index (κ1) is 17.0. The monoisotopic (exact) mass is 367 g/mol. The van der Waals surface area contributed by atoms with Gasteiger partial charge in [0.15, 0.2) is 0 Å². The molecule has 142 valence electrons. The molecular formula is C20H25N5O2. The van der Waals surface area contributed by atoms with Crippen molar-refractivity contribution in [2.45, 2.75) is 63.8 Å². The van der Waals surface area contributed by atoms with Crippen molar-refractivity contribution in [3.05, 3.63) is 51.5 Å². The number of nitrogens with zero attached hydrogens (tertiary/aromatic N) is 5. The van der Waals surface area contributed by atoms with E-state index in [9.17, 15) is 4.79 Å². The summed E-state index contributed by atoms with van der Waals surface area (Å²) >= 11 is 0. The molecule has 3 aliphatic rings. The summed E-state index contributed by atoms with van der Waals surface area (Å²) in [5.74, 6) is 1.57. The summed E-state index contributed by atoms with van der Waals surface area (Å²) in [5.41, 5.74) is 3.01. The second-order valence-corrected chi connectivity index (χ2v) is 7.89. The molecule has 0 bridgehead atoms. The van der Waals surface area contributed by atoms with E-state index in [1.165, 1.54) is 12.8 Å². The Kier molecular flexibility index (Phi) is 4.49. The molecule has 2 aromatic heterocycles. The zero-order valence-corrected chi connectivity index (χ0v) is 15.5. The third-order valence-electron chi connectivity index (χ3n) is 5.83. The Labute approximate surface area is 158 Å². The molecule has 27 heavy (non-hydrogen) atoms. The van der Waals surface area contributed by atoms with Gasteiger partial charge in [-0.05, 0) is 38.3 Å². The van der Waals surface area contributed by atoms with E-state index >= 15 is 0 Å². The largest absolute Gasteiger partial charge is 0.376 e. The van der Waals surface area contributed by atoms with E-state index in [4.69, 9.17) is 9.72 Å².